The Hall–Kier alpha value is -1.66. The lowest BCUT2D eigenvalue weighted by atomic mass is 10.3. The average molecular weight is 257 g/mol. The Labute approximate surface area is 101 Å². The number of nitrogens with two attached hydrogens (primary N) is 1. The molecule has 0 aliphatic rings. The fraction of sp³-hybridized carbons (Fsp3) is 0.200. The molecule has 1 aromatic carbocycles. The summed E-state index contributed by atoms with van der Waals surface area (Å²) >= 11 is 5.58. The molecule has 0 aliphatic heterocycles. The molecule has 0 saturated carbocycles. The Morgan fingerprint density at radius 3 is 2.82 bits per heavy atom. The fourth-order valence-corrected chi connectivity index (χ4v) is 1.65. The zero-order valence-electron chi connectivity index (χ0n) is 9.02. The molecule has 1 heterocycles. The maximum atomic E-state index is 13.3. The van der Waals surface area contributed by atoms with E-state index in [9.17, 15) is 9.18 Å². The standard InChI is InChI=1S/C10H10ClFN4O/c1-15-10(17)16(9(5-13)14-15)6-2-3-7(11)8(12)4-6/h2-4H,5,13H2,1H3. The first kappa shape index (κ1) is 11.8. The molecule has 0 radical (unpaired) electrons. The zero-order chi connectivity index (χ0) is 12.6. The van der Waals surface area contributed by atoms with Gasteiger partial charge in [-0.3, -0.25) is 0 Å². The van der Waals surface area contributed by atoms with Crippen molar-refractivity contribution in [3.05, 3.63) is 45.3 Å². The lowest BCUT2D eigenvalue weighted by Crippen LogP contribution is -2.22. The van der Waals surface area contributed by atoms with Gasteiger partial charge < -0.3 is 5.73 Å². The van der Waals surface area contributed by atoms with Gasteiger partial charge in [0.05, 0.1) is 17.3 Å². The van der Waals surface area contributed by atoms with Crippen LogP contribution in [0.25, 0.3) is 5.69 Å². The van der Waals surface area contributed by atoms with E-state index in [1.807, 2.05) is 0 Å². The second-order valence-corrected chi connectivity index (χ2v) is 3.87. The number of nitrogens with zero attached hydrogens (tertiary/aromatic N) is 3. The van der Waals surface area contributed by atoms with Gasteiger partial charge in [0.1, 0.15) is 5.82 Å². The topological polar surface area (TPSA) is 65.8 Å². The normalized spacial score (nSPS) is 10.8. The lowest BCUT2D eigenvalue weighted by molar-refractivity contribution is 0.626. The van der Waals surface area contributed by atoms with E-state index in [0.717, 1.165) is 4.68 Å². The first-order valence-corrected chi connectivity index (χ1v) is 5.23. The van der Waals surface area contributed by atoms with Gasteiger partial charge in [-0.15, -0.1) is 0 Å². The van der Waals surface area contributed by atoms with Crippen molar-refractivity contribution in [2.75, 3.05) is 0 Å². The van der Waals surface area contributed by atoms with Crippen molar-refractivity contribution in [2.24, 2.45) is 12.8 Å². The van der Waals surface area contributed by atoms with Gasteiger partial charge in [0.2, 0.25) is 0 Å². The van der Waals surface area contributed by atoms with E-state index in [0.29, 0.717) is 11.5 Å². The lowest BCUT2D eigenvalue weighted by Gasteiger charge is -2.04. The Bertz CT molecular complexity index is 619. The predicted octanol–water partition coefficient (Wildman–Crippen LogP) is 0.822. The molecule has 1 aromatic heterocycles. The number of hydrogen-bond acceptors (Lipinski definition) is 3. The monoisotopic (exact) mass is 256 g/mol. The largest absolute Gasteiger partial charge is 0.350 e. The Morgan fingerprint density at radius 2 is 2.24 bits per heavy atom. The van der Waals surface area contributed by atoms with Gasteiger partial charge in [-0.25, -0.2) is 18.4 Å². The van der Waals surface area contributed by atoms with Crippen LogP contribution in [0.3, 0.4) is 0 Å². The summed E-state index contributed by atoms with van der Waals surface area (Å²) in [6.07, 6.45) is 0. The molecule has 2 aromatic rings. The van der Waals surface area contributed by atoms with Crippen molar-refractivity contribution in [1.29, 1.82) is 0 Å². The predicted molar refractivity (Wildman–Crippen MR) is 61.7 cm³/mol. The van der Waals surface area contributed by atoms with E-state index in [2.05, 4.69) is 5.10 Å². The van der Waals surface area contributed by atoms with Crippen molar-refractivity contribution in [3.8, 4) is 5.69 Å². The van der Waals surface area contributed by atoms with Crippen LogP contribution in [-0.4, -0.2) is 14.3 Å². The van der Waals surface area contributed by atoms with Crippen LogP contribution in [-0.2, 0) is 13.6 Å². The summed E-state index contributed by atoms with van der Waals surface area (Å²) < 4.78 is 15.7. The van der Waals surface area contributed by atoms with E-state index in [1.54, 1.807) is 0 Å². The zero-order valence-corrected chi connectivity index (χ0v) is 9.78. The molecular weight excluding hydrogens is 247 g/mol. The van der Waals surface area contributed by atoms with Gasteiger partial charge in [0.25, 0.3) is 0 Å². The van der Waals surface area contributed by atoms with Crippen LogP contribution in [0.1, 0.15) is 5.82 Å². The molecule has 0 spiro atoms. The van der Waals surface area contributed by atoms with E-state index in [-0.39, 0.29) is 17.3 Å². The third kappa shape index (κ3) is 1.96. The van der Waals surface area contributed by atoms with Crippen molar-refractivity contribution < 1.29 is 4.39 Å². The Balaban J connectivity index is 2.67. The minimum Gasteiger partial charge on any atom is -0.324 e. The van der Waals surface area contributed by atoms with Crippen LogP contribution >= 0.6 is 11.6 Å². The summed E-state index contributed by atoms with van der Waals surface area (Å²) in [6.45, 7) is 0.0837. The van der Waals surface area contributed by atoms with Crippen LogP contribution in [0.2, 0.25) is 5.02 Å². The first-order valence-electron chi connectivity index (χ1n) is 4.85. The summed E-state index contributed by atoms with van der Waals surface area (Å²) in [5, 5.41) is 3.94. The smallest absolute Gasteiger partial charge is 0.324 e. The molecule has 0 atom stereocenters. The molecule has 90 valence electrons. The van der Waals surface area contributed by atoms with Crippen molar-refractivity contribution in [3.63, 3.8) is 0 Å². The SMILES string of the molecule is Cn1nc(CN)n(-c2ccc(Cl)c(F)c2)c1=O. The molecular formula is C10H10ClFN4O. The second kappa shape index (κ2) is 4.31. The highest BCUT2D eigenvalue weighted by Crippen LogP contribution is 2.17. The van der Waals surface area contributed by atoms with E-state index >= 15 is 0 Å². The summed E-state index contributed by atoms with van der Waals surface area (Å²) in [7, 11) is 1.50. The highest BCUT2D eigenvalue weighted by Gasteiger charge is 2.12. The minimum atomic E-state index is -0.595. The molecule has 0 bridgehead atoms. The number of hydrogen-bond donors (Lipinski definition) is 1. The molecule has 0 saturated heterocycles. The molecule has 2 rings (SSSR count). The average Bonchev–Trinajstić information content (AvgIpc) is 2.59. The first-order chi connectivity index (χ1) is 8.04. The van der Waals surface area contributed by atoms with Crippen molar-refractivity contribution >= 4 is 11.6 Å². The summed E-state index contributed by atoms with van der Waals surface area (Å²) in [5.41, 5.74) is 5.45. The number of rotatable bonds is 2. The van der Waals surface area contributed by atoms with Gasteiger partial charge in [0, 0.05) is 7.05 Å². The van der Waals surface area contributed by atoms with E-state index in [4.69, 9.17) is 17.3 Å². The van der Waals surface area contributed by atoms with Gasteiger partial charge in [-0.05, 0) is 18.2 Å². The summed E-state index contributed by atoms with van der Waals surface area (Å²) in [6, 6.07) is 4.09. The molecule has 0 unspecified atom stereocenters. The number of benzene rings is 1. The van der Waals surface area contributed by atoms with Crippen LogP contribution in [0.4, 0.5) is 4.39 Å². The second-order valence-electron chi connectivity index (χ2n) is 3.46. The highest BCUT2D eigenvalue weighted by molar-refractivity contribution is 6.30. The quantitative estimate of drug-likeness (QED) is 0.865. The van der Waals surface area contributed by atoms with E-state index in [1.165, 1.54) is 29.8 Å². The molecule has 0 amide bonds. The fourth-order valence-electron chi connectivity index (χ4n) is 1.53. The number of halogens is 2. The molecule has 7 heteroatoms. The van der Waals surface area contributed by atoms with Crippen LogP contribution in [0, 0.1) is 5.82 Å². The third-order valence-corrected chi connectivity index (χ3v) is 2.64. The Kier molecular flexibility index (Phi) is 2.99. The summed E-state index contributed by atoms with van der Waals surface area (Å²) in [4.78, 5) is 11.8. The molecule has 5 nitrogen and oxygen atoms in total. The number of aromatic nitrogens is 3. The minimum absolute atomic E-state index is 0.0000113. The van der Waals surface area contributed by atoms with Crippen LogP contribution < -0.4 is 11.4 Å². The van der Waals surface area contributed by atoms with Crippen LogP contribution in [0.5, 0.6) is 0 Å². The summed E-state index contributed by atoms with van der Waals surface area (Å²) in [5.74, 6) is -0.234. The molecule has 0 fully saturated rings. The maximum Gasteiger partial charge on any atom is 0.350 e. The maximum absolute atomic E-state index is 13.3. The third-order valence-electron chi connectivity index (χ3n) is 2.34. The highest BCUT2D eigenvalue weighted by atomic mass is 35.5. The van der Waals surface area contributed by atoms with Gasteiger partial charge in [-0.2, -0.15) is 5.10 Å². The molecule has 0 aliphatic carbocycles. The molecule has 17 heavy (non-hydrogen) atoms. The van der Waals surface area contributed by atoms with Crippen molar-refractivity contribution in [1.82, 2.24) is 14.3 Å². The van der Waals surface area contributed by atoms with Crippen molar-refractivity contribution in [2.45, 2.75) is 6.54 Å². The Morgan fingerprint density at radius 1 is 1.53 bits per heavy atom. The van der Waals surface area contributed by atoms with Crippen LogP contribution in [0.15, 0.2) is 23.0 Å². The van der Waals surface area contributed by atoms with E-state index < -0.39 is 5.82 Å². The number of aryl methyl sites for hydroxylation is 1. The van der Waals surface area contributed by atoms with Gasteiger partial charge >= 0.3 is 5.69 Å². The van der Waals surface area contributed by atoms with Gasteiger partial charge in [-0.1, -0.05) is 11.6 Å². The molecule has 2 N–H and O–H groups in total. The van der Waals surface area contributed by atoms with Gasteiger partial charge in [0.15, 0.2) is 5.82 Å².